The SMILES string of the molecule is CCC(CC)(CC)C(=O)NC(=C\C=C1/C(=O)N(c2cc(S(=O)(=O)O)ccc2S(=O)(=O)O)N=C1C(=O)NC)/C=C/c1c(C(=O)NC)nn(-c2cc(S(=O)(=O)O)ccc2S(=O)(=O)O)c1O. The number of hydrogen-bond acceptors (Lipinski definition) is 15. The van der Waals surface area contributed by atoms with Gasteiger partial charge in [-0.2, -0.15) is 53.6 Å². The molecule has 0 saturated heterocycles. The van der Waals surface area contributed by atoms with Crippen LogP contribution in [-0.2, 0) is 54.9 Å². The molecule has 0 bridgehead atoms. The van der Waals surface area contributed by atoms with Gasteiger partial charge in [-0.1, -0.05) is 20.8 Å². The summed E-state index contributed by atoms with van der Waals surface area (Å²) in [5.41, 5.74) is -5.54. The van der Waals surface area contributed by atoms with Crippen LogP contribution in [0.5, 0.6) is 5.88 Å². The van der Waals surface area contributed by atoms with Gasteiger partial charge in [0.05, 0.1) is 32.3 Å². The molecule has 1 aliphatic rings. The van der Waals surface area contributed by atoms with Gasteiger partial charge in [-0.05, 0) is 80.0 Å². The van der Waals surface area contributed by atoms with Crippen LogP contribution in [0.1, 0.15) is 56.1 Å². The van der Waals surface area contributed by atoms with E-state index in [4.69, 9.17) is 0 Å². The predicted molar refractivity (Wildman–Crippen MR) is 220 cm³/mol. The maximum Gasteiger partial charge on any atom is 0.296 e. The number of allylic oxidation sites excluding steroid dienone is 3. The van der Waals surface area contributed by atoms with Crippen LogP contribution in [0, 0.1) is 5.41 Å². The van der Waals surface area contributed by atoms with E-state index in [1.165, 1.54) is 0 Å². The Morgan fingerprint density at radius 3 is 1.70 bits per heavy atom. The van der Waals surface area contributed by atoms with Crippen LogP contribution in [0.15, 0.2) is 90.6 Å². The first-order valence-corrected chi connectivity index (χ1v) is 23.7. The van der Waals surface area contributed by atoms with Gasteiger partial charge in [-0.25, -0.2) is 0 Å². The quantitative estimate of drug-likeness (QED) is 0.0568. The number of aromatic hydroxyl groups is 1. The highest BCUT2D eigenvalue weighted by Crippen LogP contribution is 2.35. The second-order valence-corrected chi connectivity index (χ2v) is 18.8. The molecule has 1 aromatic heterocycles. The molecule has 2 heterocycles. The van der Waals surface area contributed by atoms with Gasteiger partial charge in [0.1, 0.15) is 9.79 Å². The average molecular weight is 958 g/mol. The highest BCUT2D eigenvalue weighted by Gasteiger charge is 2.38. The van der Waals surface area contributed by atoms with Crippen LogP contribution in [0.4, 0.5) is 5.69 Å². The van der Waals surface area contributed by atoms with Gasteiger partial charge in [0.25, 0.3) is 58.2 Å². The van der Waals surface area contributed by atoms with E-state index in [1.807, 2.05) is 0 Å². The van der Waals surface area contributed by atoms with Crippen molar-refractivity contribution in [3.05, 3.63) is 77.2 Å². The van der Waals surface area contributed by atoms with Gasteiger partial charge in [0.15, 0.2) is 11.4 Å². The molecule has 340 valence electrons. The fourth-order valence-corrected chi connectivity index (χ4v) is 8.41. The number of hydrogen-bond donors (Lipinski definition) is 8. The number of nitrogens with one attached hydrogen (secondary N) is 3. The van der Waals surface area contributed by atoms with E-state index in [1.54, 1.807) is 20.8 Å². The standard InChI is InChI=1S/C35H39N7O17S4/c1-6-35(7-2,8-3)34(47)38-19(9-13-22-28(30(43)36-4)39-41(32(22)45)24-17-20(60(48,49)50)11-15-26(24)62(54,55)56)10-14-23-29(31(44)37-5)40-42(33(23)46)25-18-21(61(51,52)53)12-16-27(25)63(57,58)59/h9-18,45H,6-8H2,1-5H3,(H,36,43)(H,37,44)(H,38,47)(H,48,49,50)(H,51,52,53)(H,54,55,56)(H,57,58,59)/b13-9+,19-10-,23-14-. The van der Waals surface area contributed by atoms with Crippen molar-refractivity contribution in [2.45, 2.75) is 59.6 Å². The summed E-state index contributed by atoms with van der Waals surface area (Å²) in [6.45, 7) is 5.22. The Labute approximate surface area is 360 Å². The fraction of sp³-hybridized carbons (Fsp3) is 0.257. The minimum atomic E-state index is -5.23. The average Bonchev–Trinajstić information content (AvgIpc) is 3.72. The first-order valence-electron chi connectivity index (χ1n) is 17.9. The number of nitrogens with zero attached hydrogens (tertiary/aromatic N) is 4. The topological polar surface area (TPSA) is 376 Å². The second-order valence-electron chi connectivity index (χ2n) is 13.2. The van der Waals surface area contributed by atoms with Crippen LogP contribution in [0.25, 0.3) is 11.8 Å². The molecule has 24 nitrogen and oxygen atoms in total. The molecular formula is C35H39N7O17S4. The van der Waals surface area contributed by atoms with Crippen LogP contribution in [0.3, 0.4) is 0 Å². The number of anilines is 1. The summed E-state index contributed by atoms with van der Waals surface area (Å²) >= 11 is 0. The minimum Gasteiger partial charge on any atom is -0.493 e. The maximum atomic E-state index is 13.9. The van der Waals surface area contributed by atoms with Crippen molar-refractivity contribution in [2.75, 3.05) is 19.1 Å². The van der Waals surface area contributed by atoms with Crippen molar-refractivity contribution in [3.8, 4) is 11.6 Å². The van der Waals surface area contributed by atoms with E-state index in [9.17, 15) is 76.2 Å². The van der Waals surface area contributed by atoms with Crippen molar-refractivity contribution in [1.82, 2.24) is 25.7 Å². The van der Waals surface area contributed by atoms with Crippen molar-refractivity contribution < 1.29 is 76.2 Å². The second kappa shape index (κ2) is 18.3. The molecule has 0 atom stereocenters. The lowest BCUT2D eigenvalue weighted by atomic mass is 9.79. The normalized spacial score (nSPS) is 14.9. The van der Waals surface area contributed by atoms with Crippen molar-refractivity contribution in [1.29, 1.82) is 0 Å². The lowest BCUT2D eigenvalue weighted by Gasteiger charge is -2.29. The van der Waals surface area contributed by atoms with Crippen LogP contribution in [-0.4, -0.2) is 110 Å². The van der Waals surface area contributed by atoms with Crippen LogP contribution in [0.2, 0.25) is 0 Å². The first kappa shape index (κ1) is 49.5. The summed E-state index contributed by atoms with van der Waals surface area (Å²) in [5, 5.41) is 26.5. The molecule has 2 aromatic carbocycles. The molecule has 0 spiro atoms. The smallest absolute Gasteiger partial charge is 0.296 e. The molecule has 1 aliphatic heterocycles. The highest BCUT2D eigenvalue weighted by molar-refractivity contribution is 7.87. The van der Waals surface area contributed by atoms with Gasteiger partial charge in [-0.3, -0.25) is 37.4 Å². The van der Waals surface area contributed by atoms with Gasteiger partial charge in [0, 0.05) is 25.2 Å². The Bertz CT molecular complexity index is 3000. The largest absolute Gasteiger partial charge is 0.493 e. The number of carbonyl (C=O) groups excluding carboxylic acids is 4. The van der Waals surface area contributed by atoms with E-state index < -0.39 is 129 Å². The van der Waals surface area contributed by atoms with Gasteiger partial charge in [0.2, 0.25) is 11.8 Å². The molecule has 0 saturated carbocycles. The molecule has 63 heavy (non-hydrogen) atoms. The van der Waals surface area contributed by atoms with E-state index in [2.05, 4.69) is 26.2 Å². The van der Waals surface area contributed by atoms with E-state index in [0.717, 1.165) is 38.4 Å². The molecule has 0 fully saturated rings. The molecular weight excluding hydrogens is 919 g/mol. The van der Waals surface area contributed by atoms with E-state index in [-0.39, 0.29) is 10.7 Å². The minimum absolute atomic E-state index is 0.256. The van der Waals surface area contributed by atoms with Gasteiger partial charge >= 0.3 is 0 Å². The third kappa shape index (κ3) is 10.4. The number of carbonyl (C=O) groups is 4. The third-order valence-electron chi connectivity index (χ3n) is 9.76. The zero-order valence-electron chi connectivity index (χ0n) is 33.5. The number of aromatic nitrogens is 2. The Kier molecular flexibility index (Phi) is 14.4. The summed E-state index contributed by atoms with van der Waals surface area (Å²) in [7, 11) is -18.2. The number of benzene rings is 2. The molecule has 3 aromatic rings. The lowest BCUT2D eigenvalue weighted by molar-refractivity contribution is -0.131. The Morgan fingerprint density at radius 2 is 1.24 bits per heavy atom. The van der Waals surface area contributed by atoms with Crippen molar-refractivity contribution in [3.63, 3.8) is 0 Å². The molecule has 8 N–H and O–H groups in total. The number of hydrazone groups is 1. The van der Waals surface area contributed by atoms with Crippen LogP contribution < -0.4 is 21.0 Å². The molecule has 28 heteroatoms. The van der Waals surface area contributed by atoms with E-state index >= 15 is 0 Å². The lowest BCUT2D eigenvalue weighted by Crippen LogP contribution is -2.39. The number of rotatable bonds is 16. The Balaban J connectivity index is 2.02. The molecule has 0 radical (unpaired) electrons. The zero-order chi connectivity index (χ0) is 47.6. The molecule has 4 amide bonds. The highest BCUT2D eigenvalue weighted by atomic mass is 32.2. The fourth-order valence-electron chi connectivity index (χ4n) is 6.11. The van der Waals surface area contributed by atoms with Crippen molar-refractivity contribution in [2.24, 2.45) is 10.5 Å². The Hall–Kier alpha value is -6.14. The van der Waals surface area contributed by atoms with Gasteiger partial charge < -0.3 is 21.1 Å². The molecule has 0 unspecified atom stereocenters. The first-order chi connectivity index (χ1) is 29.1. The summed E-state index contributed by atoms with van der Waals surface area (Å²) in [4.78, 5) is 50.0. The predicted octanol–water partition coefficient (Wildman–Crippen LogP) is 1.23. The summed E-state index contributed by atoms with van der Waals surface area (Å²) in [6.07, 6.45) is 4.91. The monoisotopic (exact) mass is 957 g/mol. The molecule has 0 aliphatic carbocycles. The Morgan fingerprint density at radius 1 is 0.746 bits per heavy atom. The van der Waals surface area contributed by atoms with Crippen LogP contribution >= 0.6 is 0 Å². The summed E-state index contributed by atoms with van der Waals surface area (Å²) in [5.74, 6) is -5.02. The maximum absolute atomic E-state index is 13.9. The summed E-state index contributed by atoms with van der Waals surface area (Å²) < 4.78 is 136. The third-order valence-corrected chi connectivity index (χ3v) is 13.3. The number of amides is 4. The molecule has 4 rings (SSSR count). The van der Waals surface area contributed by atoms with E-state index in [0.29, 0.717) is 60.3 Å². The zero-order valence-corrected chi connectivity index (χ0v) is 36.7. The summed E-state index contributed by atoms with van der Waals surface area (Å²) in [6, 6.07) is 3.37. The van der Waals surface area contributed by atoms with Crippen molar-refractivity contribution >= 4 is 81.6 Å². The van der Waals surface area contributed by atoms with Gasteiger partial charge in [-0.15, -0.1) is 0 Å².